The predicted molar refractivity (Wildman–Crippen MR) is 82.7 cm³/mol. The lowest BCUT2D eigenvalue weighted by atomic mass is 10.2. The fourth-order valence-electron chi connectivity index (χ4n) is 2.26. The SMILES string of the molecule is COc1ccc(N(C[C@@H]2CO2)c2ccc(OC)cc2)cc1. The summed E-state index contributed by atoms with van der Waals surface area (Å²) >= 11 is 0. The predicted octanol–water partition coefficient (Wildman–Crippen LogP) is 3.24. The van der Waals surface area contributed by atoms with Crippen LogP contribution in [0.25, 0.3) is 0 Å². The first-order valence-corrected chi connectivity index (χ1v) is 6.97. The molecule has 1 aliphatic heterocycles. The number of hydrogen-bond acceptors (Lipinski definition) is 4. The first-order chi connectivity index (χ1) is 10.3. The molecular weight excluding hydrogens is 266 g/mol. The highest BCUT2D eigenvalue weighted by Gasteiger charge is 2.26. The van der Waals surface area contributed by atoms with Crippen LogP contribution in [0.2, 0.25) is 0 Å². The number of epoxide rings is 1. The van der Waals surface area contributed by atoms with Crippen molar-refractivity contribution >= 4 is 11.4 Å². The van der Waals surface area contributed by atoms with E-state index in [2.05, 4.69) is 29.2 Å². The number of benzene rings is 2. The number of nitrogens with zero attached hydrogens (tertiary/aromatic N) is 1. The molecule has 0 bridgehead atoms. The third-order valence-corrected chi connectivity index (χ3v) is 3.56. The molecule has 1 aliphatic rings. The molecule has 0 radical (unpaired) electrons. The Balaban J connectivity index is 1.87. The summed E-state index contributed by atoms with van der Waals surface area (Å²) in [5, 5.41) is 0. The van der Waals surface area contributed by atoms with Crippen LogP contribution in [-0.4, -0.2) is 33.5 Å². The van der Waals surface area contributed by atoms with E-state index in [0.29, 0.717) is 6.10 Å². The van der Waals surface area contributed by atoms with E-state index in [1.165, 1.54) is 0 Å². The van der Waals surface area contributed by atoms with Gasteiger partial charge in [-0.1, -0.05) is 0 Å². The van der Waals surface area contributed by atoms with Gasteiger partial charge in [-0.15, -0.1) is 0 Å². The molecule has 1 saturated heterocycles. The van der Waals surface area contributed by atoms with Crippen LogP contribution < -0.4 is 14.4 Å². The zero-order valence-corrected chi connectivity index (χ0v) is 12.3. The van der Waals surface area contributed by atoms with Crippen LogP contribution in [0.4, 0.5) is 11.4 Å². The van der Waals surface area contributed by atoms with Crippen LogP contribution in [0.3, 0.4) is 0 Å². The van der Waals surface area contributed by atoms with Gasteiger partial charge < -0.3 is 19.1 Å². The molecule has 3 rings (SSSR count). The van der Waals surface area contributed by atoms with Crippen LogP contribution in [0, 0.1) is 0 Å². The molecule has 4 heteroatoms. The zero-order chi connectivity index (χ0) is 14.7. The van der Waals surface area contributed by atoms with E-state index in [4.69, 9.17) is 14.2 Å². The molecule has 0 unspecified atom stereocenters. The molecule has 1 fully saturated rings. The Morgan fingerprint density at radius 3 is 1.67 bits per heavy atom. The minimum atomic E-state index is 0.314. The molecule has 0 saturated carbocycles. The van der Waals surface area contributed by atoms with Gasteiger partial charge in [0.25, 0.3) is 0 Å². The van der Waals surface area contributed by atoms with Gasteiger partial charge in [0.05, 0.1) is 33.5 Å². The standard InChI is InChI=1S/C17H19NO3/c1-19-15-7-3-13(4-8-15)18(11-17-12-21-17)14-5-9-16(20-2)10-6-14/h3-10,17H,11-12H2,1-2H3/t17-/m1/s1. The monoisotopic (exact) mass is 285 g/mol. The van der Waals surface area contributed by atoms with Gasteiger partial charge >= 0.3 is 0 Å². The van der Waals surface area contributed by atoms with Crippen molar-refractivity contribution in [1.82, 2.24) is 0 Å². The Morgan fingerprint density at radius 2 is 1.33 bits per heavy atom. The Hall–Kier alpha value is -2.20. The summed E-state index contributed by atoms with van der Waals surface area (Å²) in [6, 6.07) is 16.1. The first-order valence-electron chi connectivity index (χ1n) is 6.97. The van der Waals surface area contributed by atoms with Crippen molar-refractivity contribution in [2.75, 3.05) is 32.3 Å². The molecule has 0 amide bonds. The van der Waals surface area contributed by atoms with Crippen molar-refractivity contribution in [1.29, 1.82) is 0 Å². The largest absolute Gasteiger partial charge is 0.497 e. The third-order valence-electron chi connectivity index (χ3n) is 3.56. The summed E-state index contributed by atoms with van der Waals surface area (Å²) in [5.41, 5.74) is 2.24. The Labute approximate surface area is 124 Å². The van der Waals surface area contributed by atoms with Gasteiger partial charge in [-0.05, 0) is 48.5 Å². The molecule has 0 aliphatic carbocycles. The van der Waals surface area contributed by atoms with Crippen LogP contribution in [0.1, 0.15) is 0 Å². The van der Waals surface area contributed by atoms with Crippen LogP contribution >= 0.6 is 0 Å². The van der Waals surface area contributed by atoms with Crippen molar-refractivity contribution in [2.24, 2.45) is 0 Å². The fraction of sp³-hybridized carbons (Fsp3) is 0.294. The highest BCUT2D eigenvalue weighted by molar-refractivity contribution is 5.64. The summed E-state index contributed by atoms with van der Waals surface area (Å²) in [6.45, 7) is 1.68. The molecule has 4 nitrogen and oxygen atoms in total. The molecule has 0 spiro atoms. The smallest absolute Gasteiger partial charge is 0.119 e. The molecule has 0 N–H and O–H groups in total. The minimum absolute atomic E-state index is 0.314. The topological polar surface area (TPSA) is 34.2 Å². The maximum atomic E-state index is 5.38. The maximum absolute atomic E-state index is 5.38. The Kier molecular flexibility index (Phi) is 3.97. The van der Waals surface area contributed by atoms with E-state index >= 15 is 0 Å². The summed E-state index contributed by atoms with van der Waals surface area (Å²) in [6.07, 6.45) is 0.314. The zero-order valence-electron chi connectivity index (χ0n) is 12.3. The van der Waals surface area contributed by atoms with Crippen LogP contribution in [-0.2, 0) is 4.74 Å². The molecule has 0 aromatic heterocycles. The Morgan fingerprint density at radius 1 is 0.905 bits per heavy atom. The van der Waals surface area contributed by atoms with E-state index in [1.807, 2.05) is 24.3 Å². The van der Waals surface area contributed by atoms with Gasteiger partial charge in [0.2, 0.25) is 0 Å². The normalized spacial score (nSPS) is 16.4. The lowest BCUT2D eigenvalue weighted by Crippen LogP contribution is -2.22. The van der Waals surface area contributed by atoms with Crippen molar-refractivity contribution in [3.8, 4) is 11.5 Å². The second-order valence-electron chi connectivity index (χ2n) is 4.96. The van der Waals surface area contributed by atoms with Gasteiger partial charge in [-0.2, -0.15) is 0 Å². The van der Waals surface area contributed by atoms with E-state index in [9.17, 15) is 0 Å². The average Bonchev–Trinajstić information content (AvgIpc) is 3.37. The number of methoxy groups -OCH3 is 2. The van der Waals surface area contributed by atoms with Gasteiger partial charge in [-0.3, -0.25) is 0 Å². The third kappa shape index (κ3) is 3.28. The Bertz CT molecular complexity index is 528. The van der Waals surface area contributed by atoms with Crippen LogP contribution in [0.15, 0.2) is 48.5 Å². The molecular formula is C17H19NO3. The molecule has 110 valence electrons. The quantitative estimate of drug-likeness (QED) is 0.763. The van der Waals surface area contributed by atoms with Gasteiger partial charge in [-0.25, -0.2) is 0 Å². The van der Waals surface area contributed by atoms with E-state index < -0.39 is 0 Å². The van der Waals surface area contributed by atoms with E-state index in [1.54, 1.807) is 14.2 Å². The number of ether oxygens (including phenoxy) is 3. The number of anilines is 2. The van der Waals surface area contributed by atoms with Crippen LogP contribution in [0.5, 0.6) is 11.5 Å². The second kappa shape index (κ2) is 6.06. The maximum Gasteiger partial charge on any atom is 0.119 e. The lowest BCUT2D eigenvalue weighted by Gasteiger charge is -2.24. The summed E-state index contributed by atoms with van der Waals surface area (Å²) in [4.78, 5) is 2.25. The molecule has 1 heterocycles. The molecule has 2 aromatic carbocycles. The highest BCUT2D eigenvalue weighted by atomic mass is 16.6. The molecule has 1 atom stereocenters. The minimum Gasteiger partial charge on any atom is -0.497 e. The van der Waals surface area contributed by atoms with Gasteiger partial charge in [0.1, 0.15) is 11.5 Å². The van der Waals surface area contributed by atoms with Crippen molar-refractivity contribution in [3.05, 3.63) is 48.5 Å². The van der Waals surface area contributed by atoms with E-state index in [0.717, 1.165) is 36.0 Å². The lowest BCUT2D eigenvalue weighted by molar-refractivity contribution is 0.411. The number of hydrogen-bond donors (Lipinski definition) is 0. The molecule has 2 aromatic rings. The van der Waals surface area contributed by atoms with E-state index in [-0.39, 0.29) is 0 Å². The summed E-state index contributed by atoms with van der Waals surface area (Å²) in [5.74, 6) is 1.72. The van der Waals surface area contributed by atoms with Crippen molar-refractivity contribution < 1.29 is 14.2 Å². The van der Waals surface area contributed by atoms with Gasteiger partial charge in [0.15, 0.2) is 0 Å². The summed E-state index contributed by atoms with van der Waals surface area (Å²) in [7, 11) is 3.35. The fourth-order valence-corrected chi connectivity index (χ4v) is 2.26. The highest BCUT2D eigenvalue weighted by Crippen LogP contribution is 2.30. The number of rotatable bonds is 6. The van der Waals surface area contributed by atoms with Gasteiger partial charge in [0, 0.05) is 11.4 Å². The van der Waals surface area contributed by atoms with Crippen molar-refractivity contribution in [2.45, 2.75) is 6.10 Å². The van der Waals surface area contributed by atoms with Crippen molar-refractivity contribution in [3.63, 3.8) is 0 Å². The first kappa shape index (κ1) is 13.8. The second-order valence-corrected chi connectivity index (χ2v) is 4.96. The average molecular weight is 285 g/mol. The molecule has 21 heavy (non-hydrogen) atoms. The summed E-state index contributed by atoms with van der Waals surface area (Å²) < 4.78 is 15.8.